The van der Waals surface area contributed by atoms with Crippen LogP contribution in [0.5, 0.6) is 0 Å². The van der Waals surface area contributed by atoms with Gasteiger partial charge < -0.3 is 5.32 Å². The standard InChI is InChI=1S/C17H14N4O2S/c22-15-14(11-18-20-12-7-3-1-4-8-12)16(23)21(17(24)19-15)13-9-5-2-6-10-13/h1-11,14,20H,(H,19,22,24)/b18-11-/t14-/m1/s1. The lowest BCUT2D eigenvalue weighted by atomic mass is 10.1. The van der Waals surface area contributed by atoms with Crippen molar-refractivity contribution >= 4 is 46.7 Å². The number of carbonyl (C=O) groups excluding carboxylic acids is 2. The summed E-state index contributed by atoms with van der Waals surface area (Å²) in [6.45, 7) is 0. The first-order valence-corrected chi connectivity index (χ1v) is 7.66. The first-order valence-electron chi connectivity index (χ1n) is 7.25. The van der Waals surface area contributed by atoms with Crippen molar-refractivity contribution in [2.24, 2.45) is 11.0 Å². The summed E-state index contributed by atoms with van der Waals surface area (Å²) in [4.78, 5) is 26.0. The van der Waals surface area contributed by atoms with Gasteiger partial charge in [0.15, 0.2) is 11.0 Å². The maximum absolute atomic E-state index is 12.6. The van der Waals surface area contributed by atoms with Gasteiger partial charge in [0.05, 0.1) is 11.4 Å². The van der Waals surface area contributed by atoms with E-state index in [4.69, 9.17) is 12.2 Å². The summed E-state index contributed by atoms with van der Waals surface area (Å²) in [7, 11) is 0. The van der Waals surface area contributed by atoms with Crippen molar-refractivity contribution in [3.05, 3.63) is 60.7 Å². The Morgan fingerprint density at radius 2 is 1.67 bits per heavy atom. The minimum atomic E-state index is -1.05. The fraction of sp³-hybridized carbons (Fsp3) is 0.0588. The van der Waals surface area contributed by atoms with Crippen molar-refractivity contribution in [1.29, 1.82) is 0 Å². The number of hydrogen-bond donors (Lipinski definition) is 2. The van der Waals surface area contributed by atoms with E-state index in [1.54, 1.807) is 24.3 Å². The molecule has 2 N–H and O–H groups in total. The van der Waals surface area contributed by atoms with Gasteiger partial charge in [-0.1, -0.05) is 36.4 Å². The maximum Gasteiger partial charge on any atom is 0.251 e. The van der Waals surface area contributed by atoms with Crippen LogP contribution in [0.3, 0.4) is 0 Å². The van der Waals surface area contributed by atoms with E-state index in [0.717, 1.165) is 5.69 Å². The van der Waals surface area contributed by atoms with Crippen molar-refractivity contribution in [1.82, 2.24) is 5.32 Å². The minimum Gasteiger partial charge on any atom is -0.301 e. The molecule has 1 saturated heterocycles. The Bertz CT molecular complexity index is 793. The van der Waals surface area contributed by atoms with Gasteiger partial charge in [-0.05, 0) is 36.5 Å². The highest BCUT2D eigenvalue weighted by molar-refractivity contribution is 7.80. The lowest BCUT2D eigenvalue weighted by Gasteiger charge is -2.30. The molecule has 1 aliphatic heterocycles. The topological polar surface area (TPSA) is 73.8 Å². The number of hydrogen-bond acceptors (Lipinski definition) is 5. The average Bonchev–Trinajstić information content (AvgIpc) is 2.59. The third kappa shape index (κ3) is 3.31. The maximum atomic E-state index is 12.6. The van der Waals surface area contributed by atoms with E-state index >= 15 is 0 Å². The predicted octanol–water partition coefficient (Wildman–Crippen LogP) is 2.15. The molecule has 24 heavy (non-hydrogen) atoms. The van der Waals surface area contributed by atoms with Crippen LogP contribution in [0.15, 0.2) is 65.8 Å². The molecule has 0 bridgehead atoms. The number of thiocarbonyl (C=S) groups is 1. The predicted molar refractivity (Wildman–Crippen MR) is 96.7 cm³/mol. The second-order valence-corrected chi connectivity index (χ2v) is 5.42. The number of amides is 2. The number of hydrazone groups is 1. The molecular formula is C17H14N4O2S. The van der Waals surface area contributed by atoms with Crippen LogP contribution < -0.4 is 15.6 Å². The van der Waals surface area contributed by atoms with Crippen LogP contribution in [-0.4, -0.2) is 23.1 Å². The molecule has 3 rings (SSSR count). The minimum absolute atomic E-state index is 0.0665. The summed E-state index contributed by atoms with van der Waals surface area (Å²) in [5.74, 6) is -1.97. The molecule has 0 aliphatic carbocycles. The largest absolute Gasteiger partial charge is 0.301 e. The van der Waals surface area contributed by atoms with Crippen LogP contribution in [0.2, 0.25) is 0 Å². The van der Waals surface area contributed by atoms with E-state index < -0.39 is 17.7 Å². The Morgan fingerprint density at radius 3 is 2.33 bits per heavy atom. The Labute approximate surface area is 144 Å². The quantitative estimate of drug-likeness (QED) is 0.388. The molecule has 2 aromatic carbocycles. The number of rotatable bonds is 4. The van der Waals surface area contributed by atoms with E-state index in [0.29, 0.717) is 5.69 Å². The summed E-state index contributed by atoms with van der Waals surface area (Å²) < 4.78 is 0. The van der Waals surface area contributed by atoms with E-state index in [-0.39, 0.29) is 5.11 Å². The molecule has 0 radical (unpaired) electrons. The van der Waals surface area contributed by atoms with E-state index in [1.807, 2.05) is 36.4 Å². The van der Waals surface area contributed by atoms with Gasteiger partial charge in [0, 0.05) is 6.21 Å². The molecule has 0 spiro atoms. The molecule has 1 fully saturated rings. The fourth-order valence-corrected chi connectivity index (χ4v) is 2.54. The van der Waals surface area contributed by atoms with Crippen molar-refractivity contribution in [2.75, 3.05) is 10.3 Å². The second-order valence-electron chi connectivity index (χ2n) is 5.04. The molecule has 7 heteroatoms. The number of nitrogens with zero attached hydrogens (tertiary/aromatic N) is 2. The van der Waals surface area contributed by atoms with Gasteiger partial charge in [0.1, 0.15) is 0 Å². The van der Waals surface area contributed by atoms with E-state index in [2.05, 4.69) is 15.8 Å². The summed E-state index contributed by atoms with van der Waals surface area (Å²) in [5, 5.41) is 6.59. The molecule has 1 aliphatic rings. The normalized spacial score (nSPS) is 17.9. The highest BCUT2D eigenvalue weighted by Crippen LogP contribution is 2.19. The summed E-state index contributed by atoms with van der Waals surface area (Å²) >= 11 is 5.12. The number of nitrogens with one attached hydrogen (secondary N) is 2. The van der Waals surface area contributed by atoms with Crippen LogP contribution in [-0.2, 0) is 9.59 Å². The molecule has 1 atom stereocenters. The number of para-hydroxylation sites is 2. The first kappa shape index (κ1) is 15.8. The zero-order chi connectivity index (χ0) is 16.9. The SMILES string of the molecule is O=C1NC(=S)N(c2ccccc2)C(=O)[C@@H]1/C=N\Nc1ccccc1. The van der Waals surface area contributed by atoms with Crippen LogP contribution in [0.25, 0.3) is 0 Å². The lowest BCUT2D eigenvalue weighted by molar-refractivity contribution is -0.130. The van der Waals surface area contributed by atoms with Crippen LogP contribution in [0.4, 0.5) is 11.4 Å². The monoisotopic (exact) mass is 338 g/mol. The molecule has 120 valence electrons. The van der Waals surface area contributed by atoms with Crippen molar-refractivity contribution in [2.45, 2.75) is 0 Å². The zero-order valence-corrected chi connectivity index (χ0v) is 13.4. The van der Waals surface area contributed by atoms with Gasteiger partial charge in [-0.3, -0.25) is 19.9 Å². The van der Waals surface area contributed by atoms with Crippen molar-refractivity contribution in [3.8, 4) is 0 Å². The van der Waals surface area contributed by atoms with Gasteiger partial charge in [-0.2, -0.15) is 5.10 Å². The third-order valence-electron chi connectivity index (χ3n) is 3.41. The molecule has 0 aromatic heterocycles. The third-order valence-corrected chi connectivity index (χ3v) is 3.69. The highest BCUT2D eigenvalue weighted by atomic mass is 32.1. The van der Waals surface area contributed by atoms with Crippen LogP contribution in [0, 0.1) is 5.92 Å². The average molecular weight is 338 g/mol. The molecule has 2 amide bonds. The van der Waals surface area contributed by atoms with Gasteiger partial charge in [0.25, 0.3) is 5.91 Å². The number of carbonyl (C=O) groups is 2. The number of anilines is 2. The van der Waals surface area contributed by atoms with E-state index in [9.17, 15) is 9.59 Å². The molecule has 0 saturated carbocycles. The fourth-order valence-electron chi connectivity index (χ4n) is 2.24. The number of benzene rings is 2. The smallest absolute Gasteiger partial charge is 0.251 e. The Morgan fingerprint density at radius 1 is 1.04 bits per heavy atom. The summed E-state index contributed by atoms with van der Waals surface area (Å²) in [6.07, 6.45) is 1.28. The molecule has 1 heterocycles. The lowest BCUT2D eigenvalue weighted by Crippen LogP contribution is -2.58. The van der Waals surface area contributed by atoms with Gasteiger partial charge in [-0.15, -0.1) is 0 Å². The Kier molecular flexibility index (Phi) is 4.62. The van der Waals surface area contributed by atoms with E-state index in [1.165, 1.54) is 11.1 Å². The van der Waals surface area contributed by atoms with Crippen molar-refractivity contribution < 1.29 is 9.59 Å². The summed E-state index contributed by atoms with van der Waals surface area (Å²) in [6, 6.07) is 18.2. The van der Waals surface area contributed by atoms with Gasteiger partial charge in [0.2, 0.25) is 5.91 Å². The van der Waals surface area contributed by atoms with Crippen molar-refractivity contribution in [3.63, 3.8) is 0 Å². The van der Waals surface area contributed by atoms with Gasteiger partial charge >= 0.3 is 0 Å². The summed E-state index contributed by atoms with van der Waals surface area (Å²) in [5.41, 5.74) is 4.14. The molecule has 0 unspecified atom stereocenters. The zero-order valence-electron chi connectivity index (χ0n) is 12.5. The first-order chi connectivity index (χ1) is 11.7. The van der Waals surface area contributed by atoms with Gasteiger partial charge in [-0.25, -0.2) is 0 Å². The molecule has 2 aromatic rings. The van der Waals surface area contributed by atoms with Crippen LogP contribution in [0.1, 0.15) is 0 Å². The Hall–Kier alpha value is -3.06. The Balaban J connectivity index is 1.78. The second kappa shape index (κ2) is 7.01. The molecular weight excluding hydrogens is 324 g/mol. The molecule has 6 nitrogen and oxygen atoms in total. The highest BCUT2D eigenvalue weighted by Gasteiger charge is 2.38. The van der Waals surface area contributed by atoms with Crippen LogP contribution >= 0.6 is 12.2 Å².